The van der Waals surface area contributed by atoms with Crippen LogP contribution in [0.25, 0.3) is 0 Å². The maximum Gasteiger partial charge on any atom is 0.261 e. The average molecular weight is 292 g/mol. The lowest BCUT2D eigenvalue weighted by molar-refractivity contribution is -0.127. The van der Waals surface area contributed by atoms with Crippen LogP contribution in [0.1, 0.15) is 11.4 Å². The predicted octanol–water partition coefficient (Wildman–Crippen LogP) is 1.73. The molecule has 0 saturated carbocycles. The number of aromatic amines is 1. The standard InChI is InChI=1S/C14H14ClN3O2/c15-10-1-2-11-9(7-10)8-12(20-11)14(19)18-4-3-13-16-5-6-17-13/h1-2,5-7,12H,3-4,8H2,(H,16,17)(H,18,19). The van der Waals surface area contributed by atoms with Crippen LogP contribution < -0.4 is 10.1 Å². The topological polar surface area (TPSA) is 67.0 Å². The normalized spacial score (nSPS) is 16.6. The van der Waals surface area contributed by atoms with Gasteiger partial charge in [-0.05, 0) is 23.8 Å². The summed E-state index contributed by atoms with van der Waals surface area (Å²) < 4.78 is 5.62. The van der Waals surface area contributed by atoms with Gasteiger partial charge in [0.05, 0.1) is 0 Å². The first kappa shape index (κ1) is 13.0. The number of fused-ring (bicyclic) bond motifs is 1. The summed E-state index contributed by atoms with van der Waals surface area (Å²) in [7, 11) is 0. The number of halogens is 1. The molecule has 0 aliphatic carbocycles. The van der Waals surface area contributed by atoms with E-state index in [9.17, 15) is 4.79 Å². The molecule has 104 valence electrons. The number of amides is 1. The quantitative estimate of drug-likeness (QED) is 0.901. The maximum atomic E-state index is 12.0. The Labute approximate surface area is 121 Å². The average Bonchev–Trinajstić information content (AvgIpc) is 3.06. The van der Waals surface area contributed by atoms with Gasteiger partial charge in [-0.1, -0.05) is 11.6 Å². The summed E-state index contributed by atoms with van der Waals surface area (Å²) in [5.74, 6) is 1.48. The van der Waals surface area contributed by atoms with Crippen LogP contribution in [-0.4, -0.2) is 28.5 Å². The number of aromatic nitrogens is 2. The second kappa shape index (κ2) is 5.54. The van der Waals surface area contributed by atoms with Crippen molar-refractivity contribution in [1.29, 1.82) is 0 Å². The summed E-state index contributed by atoms with van der Waals surface area (Å²) >= 11 is 5.92. The van der Waals surface area contributed by atoms with Crippen LogP contribution >= 0.6 is 11.6 Å². The van der Waals surface area contributed by atoms with Gasteiger partial charge in [-0.15, -0.1) is 0 Å². The fourth-order valence-corrected chi connectivity index (χ4v) is 2.41. The molecule has 0 bridgehead atoms. The number of imidazole rings is 1. The molecule has 0 saturated heterocycles. The van der Waals surface area contributed by atoms with Crippen LogP contribution in [0, 0.1) is 0 Å². The summed E-state index contributed by atoms with van der Waals surface area (Å²) in [4.78, 5) is 19.1. The first-order chi connectivity index (χ1) is 9.72. The molecule has 1 aromatic carbocycles. The van der Waals surface area contributed by atoms with Crippen molar-refractivity contribution in [2.24, 2.45) is 0 Å². The number of carbonyl (C=O) groups is 1. The SMILES string of the molecule is O=C(NCCc1ncc[nH]1)C1Cc2cc(Cl)ccc2O1. The number of benzene rings is 1. The molecule has 2 heterocycles. The van der Waals surface area contributed by atoms with Crippen molar-refractivity contribution < 1.29 is 9.53 Å². The van der Waals surface area contributed by atoms with Gasteiger partial charge in [-0.25, -0.2) is 4.98 Å². The number of carbonyl (C=O) groups excluding carboxylic acids is 1. The van der Waals surface area contributed by atoms with E-state index in [0.717, 1.165) is 17.1 Å². The maximum absolute atomic E-state index is 12.0. The molecule has 1 aliphatic rings. The van der Waals surface area contributed by atoms with Crippen molar-refractivity contribution in [2.75, 3.05) is 6.54 Å². The minimum Gasteiger partial charge on any atom is -0.480 e. The summed E-state index contributed by atoms with van der Waals surface area (Å²) in [6, 6.07) is 5.40. The Kier molecular flexibility index (Phi) is 3.60. The smallest absolute Gasteiger partial charge is 0.261 e. The van der Waals surface area contributed by atoms with E-state index in [0.29, 0.717) is 24.4 Å². The number of nitrogens with one attached hydrogen (secondary N) is 2. The third-order valence-corrected chi connectivity index (χ3v) is 3.44. The Morgan fingerprint density at radius 3 is 3.25 bits per heavy atom. The summed E-state index contributed by atoms with van der Waals surface area (Å²) in [6.07, 6.45) is 4.21. The van der Waals surface area contributed by atoms with Crippen molar-refractivity contribution in [3.05, 3.63) is 47.0 Å². The summed E-state index contributed by atoms with van der Waals surface area (Å²) in [5.41, 5.74) is 0.976. The number of nitrogens with zero attached hydrogens (tertiary/aromatic N) is 1. The fourth-order valence-electron chi connectivity index (χ4n) is 2.22. The third-order valence-electron chi connectivity index (χ3n) is 3.21. The molecule has 2 N–H and O–H groups in total. The first-order valence-corrected chi connectivity index (χ1v) is 6.81. The number of H-pyrrole nitrogens is 1. The van der Waals surface area contributed by atoms with Crippen molar-refractivity contribution in [3.8, 4) is 5.75 Å². The van der Waals surface area contributed by atoms with Crippen molar-refractivity contribution in [2.45, 2.75) is 18.9 Å². The van der Waals surface area contributed by atoms with Gasteiger partial charge in [0.15, 0.2) is 6.10 Å². The Hall–Kier alpha value is -2.01. The zero-order valence-electron chi connectivity index (χ0n) is 10.7. The van der Waals surface area contributed by atoms with Crippen molar-refractivity contribution >= 4 is 17.5 Å². The number of hydrogen-bond donors (Lipinski definition) is 2. The predicted molar refractivity (Wildman–Crippen MR) is 74.9 cm³/mol. The molecule has 20 heavy (non-hydrogen) atoms. The highest BCUT2D eigenvalue weighted by Gasteiger charge is 2.28. The highest BCUT2D eigenvalue weighted by molar-refractivity contribution is 6.30. The van der Waals surface area contributed by atoms with Gasteiger partial charge >= 0.3 is 0 Å². The molecule has 1 aromatic heterocycles. The zero-order chi connectivity index (χ0) is 13.9. The van der Waals surface area contributed by atoms with E-state index < -0.39 is 6.10 Å². The van der Waals surface area contributed by atoms with Gasteiger partial charge < -0.3 is 15.0 Å². The lowest BCUT2D eigenvalue weighted by atomic mass is 10.1. The second-order valence-corrected chi connectivity index (χ2v) is 5.08. The third kappa shape index (κ3) is 2.77. The van der Waals surface area contributed by atoms with E-state index in [1.165, 1.54) is 0 Å². The van der Waals surface area contributed by atoms with Gasteiger partial charge in [0.2, 0.25) is 0 Å². The molecule has 1 amide bonds. The molecule has 0 fully saturated rings. The minimum atomic E-state index is -0.472. The van der Waals surface area contributed by atoms with E-state index in [1.807, 2.05) is 6.07 Å². The van der Waals surface area contributed by atoms with Crippen LogP contribution in [0.2, 0.25) is 5.02 Å². The highest BCUT2D eigenvalue weighted by Crippen LogP contribution is 2.31. The van der Waals surface area contributed by atoms with E-state index >= 15 is 0 Å². The molecule has 0 spiro atoms. The van der Waals surface area contributed by atoms with Crippen LogP contribution in [0.3, 0.4) is 0 Å². The van der Waals surface area contributed by atoms with Crippen LogP contribution in [0.5, 0.6) is 5.75 Å². The molecular formula is C14H14ClN3O2. The number of hydrogen-bond acceptors (Lipinski definition) is 3. The van der Waals surface area contributed by atoms with Crippen LogP contribution in [-0.2, 0) is 17.6 Å². The summed E-state index contributed by atoms with van der Waals surface area (Å²) in [6.45, 7) is 0.531. The molecule has 3 rings (SSSR count). The molecule has 1 atom stereocenters. The lowest BCUT2D eigenvalue weighted by Crippen LogP contribution is -2.38. The monoisotopic (exact) mass is 291 g/mol. The largest absolute Gasteiger partial charge is 0.480 e. The Balaban J connectivity index is 1.52. The van der Waals surface area contributed by atoms with Gasteiger partial charge in [0.1, 0.15) is 11.6 Å². The molecular weight excluding hydrogens is 278 g/mol. The minimum absolute atomic E-state index is 0.108. The molecule has 1 unspecified atom stereocenters. The van der Waals surface area contributed by atoms with E-state index in [2.05, 4.69) is 15.3 Å². The molecule has 6 heteroatoms. The Morgan fingerprint density at radius 2 is 2.45 bits per heavy atom. The number of ether oxygens (including phenoxy) is 1. The van der Waals surface area contributed by atoms with E-state index in [4.69, 9.17) is 16.3 Å². The molecule has 1 aliphatic heterocycles. The van der Waals surface area contributed by atoms with E-state index in [1.54, 1.807) is 24.5 Å². The highest BCUT2D eigenvalue weighted by atomic mass is 35.5. The van der Waals surface area contributed by atoms with Crippen LogP contribution in [0.4, 0.5) is 0 Å². The van der Waals surface area contributed by atoms with E-state index in [-0.39, 0.29) is 5.91 Å². The summed E-state index contributed by atoms with van der Waals surface area (Å²) in [5, 5.41) is 3.51. The molecule has 0 radical (unpaired) electrons. The molecule has 5 nitrogen and oxygen atoms in total. The first-order valence-electron chi connectivity index (χ1n) is 6.43. The van der Waals surface area contributed by atoms with Gasteiger partial charge in [0, 0.05) is 36.8 Å². The van der Waals surface area contributed by atoms with Gasteiger partial charge in [-0.3, -0.25) is 4.79 Å². The second-order valence-electron chi connectivity index (χ2n) is 4.64. The Morgan fingerprint density at radius 1 is 1.55 bits per heavy atom. The number of rotatable bonds is 4. The lowest BCUT2D eigenvalue weighted by Gasteiger charge is -2.10. The van der Waals surface area contributed by atoms with Gasteiger partial charge in [-0.2, -0.15) is 0 Å². The zero-order valence-corrected chi connectivity index (χ0v) is 11.5. The van der Waals surface area contributed by atoms with Gasteiger partial charge in [0.25, 0.3) is 5.91 Å². The molecule has 2 aromatic rings. The van der Waals surface area contributed by atoms with Crippen LogP contribution in [0.15, 0.2) is 30.6 Å². The Bertz CT molecular complexity index is 613. The van der Waals surface area contributed by atoms with Crippen molar-refractivity contribution in [1.82, 2.24) is 15.3 Å². The fraction of sp³-hybridized carbons (Fsp3) is 0.286. The van der Waals surface area contributed by atoms with Crippen molar-refractivity contribution in [3.63, 3.8) is 0 Å².